The topological polar surface area (TPSA) is 67.6 Å². The van der Waals surface area contributed by atoms with Gasteiger partial charge in [-0.3, -0.25) is 4.79 Å². The summed E-state index contributed by atoms with van der Waals surface area (Å²) in [6, 6.07) is 10.1. The minimum absolute atomic E-state index is 0.127. The predicted octanol–water partition coefficient (Wildman–Crippen LogP) is 4.23. The van der Waals surface area contributed by atoms with Gasteiger partial charge in [-0.15, -0.1) is 0 Å². The number of rotatable bonds is 8. The number of ether oxygens (including phenoxy) is 1. The number of carbonyl (C=O) groups excluding carboxylic acids is 1. The molecule has 2 aliphatic rings. The molecule has 32 heavy (non-hydrogen) atoms. The second-order valence-electron chi connectivity index (χ2n) is 9.70. The lowest BCUT2D eigenvalue weighted by Gasteiger charge is -2.35. The van der Waals surface area contributed by atoms with Gasteiger partial charge in [-0.1, -0.05) is 36.3 Å². The van der Waals surface area contributed by atoms with E-state index in [2.05, 4.69) is 41.4 Å². The lowest BCUT2D eigenvalue weighted by Crippen LogP contribution is -2.46. The second kappa shape index (κ2) is 10.6. The standard InChI is InChI=1S/C26H37N3O3/c1-20-8-14-29(15-9-20)13-5-12-27-25(30)26(10-16-31-17-11-26)19-22-18-24(28-32-22)23-7-4-3-6-21(23)2/h3-4,6-7,18,20H,5,8-17,19H2,1-2H3,(H,27,30). The summed E-state index contributed by atoms with van der Waals surface area (Å²) in [5.74, 6) is 1.74. The van der Waals surface area contributed by atoms with Crippen LogP contribution in [0.25, 0.3) is 11.3 Å². The molecule has 6 heteroatoms. The molecule has 2 saturated heterocycles. The molecule has 0 aliphatic carbocycles. The van der Waals surface area contributed by atoms with Crippen LogP contribution < -0.4 is 5.32 Å². The van der Waals surface area contributed by atoms with Crippen molar-refractivity contribution in [1.29, 1.82) is 0 Å². The van der Waals surface area contributed by atoms with Crippen molar-refractivity contribution in [2.75, 3.05) is 39.4 Å². The number of carbonyl (C=O) groups is 1. The second-order valence-corrected chi connectivity index (χ2v) is 9.70. The van der Waals surface area contributed by atoms with Gasteiger partial charge in [-0.2, -0.15) is 0 Å². The van der Waals surface area contributed by atoms with E-state index in [0.717, 1.165) is 48.0 Å². The molecule has 0 radical (unpaired) electrons. The maximum absolute atomic E-state index is 13.3. The fourth-order valence-corrected chi connectivity index (χ4v) is 4.94. The molecule has 4 rings (SSSR count). The van der Waals surface area contributed by atoms with Gasteiger partial charge >= 0.3 is 0 Å². The van der Waals surface area contributed by atoms with Crippen LogP contribution in [0.1, 0.15) is 50.4 Å². The summed E-state index contributed by atoms with van der Waals surface area (Å²) in [6.45, 7) is 9.78. The number of piperidine rings is 1. The SMILES string of the molecule is Cc1ccccc1-c1cc(CC2(C(=O)NCCCN3CCC(C)CC3)CCOCC2)on1. The van der Waals surface area contributed by atoms with Crippen molar-refractivity contribution in [3.8, 4) is 11.3 Å². The summed E-state index contributed by atoms with van der Waals surface area (Å²) in [4.78, 5) is 15.8. The van der Waals surface area contributed by atoms with Crippen LogP contribution in [-0.4, -0.2) is 55.4 Å². The molecule has 2 fully saturated rings. The van der Waals surface area contributed by atoms with E-state index >= 15 is 0 Å². The van der Waals surface area contributed by atoms with E-state index in [4.69, 9.17) is 9.26 Å². The molecule has 6 nitrogen and oxygen atoms in total. The number of likely N-dealkylation sites (tertiary alicyclic amines) is 1. The number of nitrogens with zero attached hydrogens (tertiary/aromatic N) is 2. The third kappa shape index (κ3) is 5.59. The Hall–Kier alpha value is -2.18. The van der Waals surface area contributed by atoms with Gasteiger partial charge < -0.3 is 19.5 Å². The van der Waals surface area contributed by atoms with Crippen molar-refractivity contribution in [3.05, 3.63) is 41.7 Å². The van der Waals surface area contributed by atoms with Crippen molar-refractivity contribution in [1.82, 2.24) is 15.4 Å². The summed E-state index contributed by atoms with van der Waals surface area (Å²) in [5.41, 5.74) is 2.58. The molecule has 0 unspecified atom stereocenters. The lowest BCUT2D eigenvalue weighted by molar-refractivity contribution is -0.137. The molecular formula is C26H37N3O3. The average Bonchev–Trinajstić information content (AvgIpc) is 3.26. The van der Waals surface area contributed by atoms with E-state index in [1.807, 2.05) is 18.2 Å². The summed E-state index contributed by atoms with van der Waals surface area (Å²) < 4.78 is 11.3. The third-order valence-electron chi connectivity index (χ3n) is 7.24. The number of aromatic nitrogens is 1. The van der Waals surface area contributed by atoms with E-state index < -0.39 is 5.41 Å². The van der Waals surface area contributed by atoms with Gasteiger partial charge in [0.2, 0.25) is 5.91 Å². The van der Waals surface area contributed by atoms with Crippen molar-refractivity contribution < 1.29 is 14.1 Å². The van der Waals surface area contributed by atoms with Gasteiger partial charge in [-0.25, -0.2) is 0 Å². The van der Waals surface area contributed by atoms with Crippen LogP contribution in [-0.2, 0) is 16.0 Å². The Bertz CT molecular complexity index is 880. The summed E-state index contributed by atoms with van der Waals surface area (Å²) >= 11 is 0. The van der Waals surface area contributed by atoms with Crippen molar-refractivity contribution in [2.24, 2.45) is 11.3 Å². The number of hydrogen-bond donors (Lipinski definition) is 1. The number of aryl methyl sites for hydroxylation is 1. The highest BCUT2D eigenvalue weighted by molar-refractivity contribution is 5.83. The highest BCUT2D eigenvalue weighted by Crippen LogP contribution is 2.36. The van der Waals surface area contributed by atoms with Crippen molar-refractivity contribution in [2.45, 2.75) is 52.4 Å². The van der Waals surface area contributed by atoms with Crippen LogP contribution in [0.4, 0.5) is 0 Å². The van der Waals surface area contributed by atoms with Crippen LogP contribution in [0.2, 0.25) is 0 Å². The van der Waals surface area contributed by atoms with Crippen LogP contribution >= 0.6 is 0 Å². The Balaban J connectivity index is 1.35. The molecule has 174 valence electrons. The molecule has 1 amide bonds. The highest BCUT2D eigenvalue weighted by Gasteiger charge is 2.41. The molecule has 2 aliphatic heterocycles. The lowest BCUT2D eigenvalue weighted by atomic mass is 9.75. The highest BCUT2D eigenvalue weighted by atomic mass is 16.5. The molecular weight excluding hydrogens is 402 g/mol. The minimum atomic E-state index is -0.485. The molecule has 2 aromatic rings. The Morgan fingerprint density at radius 2 is 1.97 bits per heavy atom. The maximum Gasteiger partial charge on any atom is 0.226 e. The van der Waals surface area contributed by atoms with Crippen LogP contribution in [0, 0.1) is 18.3 Å². The smallest absolute Gasteiger partial charge is 0.226 e. The number of hydrogen-bond acceptors (Lipinski definition) is 5. The molecule has 0 bridgehead atoms. The zero-order valence-electron chi connectivity index (χ0n) is 19.6. The number of nitrogens with one attached hydrogen (secondary N) is 1. The molecule has 1 aromatic carbocycles. The summed E-state index contributed by atoms with van der Waals surface area (Å²) in [6.07, 6.45) is 5.55. The monoisotopic (exact) mass is 439 g/mol. The molecule has 1 N–H and O–H groups in total. The van der Waals surface area contributed by atoms with Gasteiger partial charge in [0.15, 0.2) is 0 Å². The van der Waals surface area contributed by atoms with E-state index in [1.54, 1.807) is 0 Å². The quantitative estimate of drug-likeness (QED) is 0.624. The largest absolute Gasteiger partial charge is 0.381 e. The molecule has 0 spiro atoms. The normalized spacial score (nSPS) is 19.7. The minimum Gasteiger partial charge on any atom is -0.381 e. The fraction of sp³-hybridized carbons (Fsp3) is 0.615. The van der Waals surface area contributed by atoms with Crippen molar-refractivity contribution >= 4 is 5.91 Å². The third-order valence-corrected chi connectivity index (χ3v) is 7.24. The van der Waals surface area contributed by atoms with Crippen LogP contribution in [0.3, 0.4) is 0 Å². The van der Waals surface area contributed by atoms with Gasteiger partial charge in [-0.05, 0) is 70.1 Å². The number of benzene rings is 1. The zero-order valence-corrected chi connectivity index (χ0v) is 19.6. The fourth-order valence-electron chi connectivity index (χ4n) is 4.94. The van der Waals surface area contributed by atoms with E-state index in [1.165, 1.54) is 25.9 Å². The zero-order chi connectivity index (χ0) is 22.4. The molecule has 3 heterocycles. The molecule has 1 aromatic heterocycles. The summed E-state index contributed by atoms with van der Waals surface area (Å²) in [5, 5.41) is 7.52. The van der Waals surface area contributed by atoms with E-state index in [-0.39, 0.29) is 5.91 Å². The maximum atomic E-state index is 13.3. The van der Waals surface area contributed by atoms with Gasteiger partial charge in [0.1, 0.15) is 11.5 Å². The Morgan fingerprint density at radius 1 is 1.22 bits per heavy atom. The van der Waals surface area contributed by atoms with Crippen LogP contribution in [0.5, 0.6) is 0 Å². The number of amides is 1. The van der Waals surface area contributed by atoms with E-state index in [9.17, 15) is 4.79 Å². The first kappa shape index (κ1) is 23.0. The Morgan fingerprint density at radius 3 is 2.72 bits per heavy atom. The molecule has 0 atom stereocenters. The van der Waals surface area contributed by atoms with E-state index in [0.29, 0.717) is 32.5 Å². The Kier molecular flexibility index (Phi) is 7.63. The average molecular weight is 440 g/mol. The predicted molar refractivity (Wildman–Crippen MR) is 125 cm³/mol. The first-order chi connectivity index (χ1) is 15.6. The molecule has 0 saturated carbocycles. The van der Waals surface area contributed by atoms with Crippen molar-refractivity contribution in [3.63, 3.8) is 0 Å². The van der Waals surface area contributed by atoms with Gasteiger partial charge in [0, 0.05) is 37.8 Å². The summed E-state index contributed by atoms with van der Waals surface area (Å²) in [7, 11) is 0. The first-order valence-electron chi connectivity index (χ1n) is 12.2. The first-order valence-corrected chi connectivity index (χ1v) is 12.2. The van der Waals surface area contributed by atoms with Gasteiger partial charge in [0.25, 0.3) is 0 Å². The van der Waals surface area contributed by atoms with Crippen LogP contribution in [0.15, 0.2) is 34.9 Å². The Labute approximate surface area is 191 Å². The van der Waals surface area contributed by atoms with Gasteiger partial charge in [0.05, 0.1) is 5.41 Å².